The van der Waals surface area contributed by atoms with Crippen molar-refractivity contribution in [2.45, 2.75) is 41.2 Å². The summed E-state index contributed by atoms with van der Waals surface area (Å²) in [6.45, 7) is 9.70. The molecule has 0 radical (unpaired) electrons. The standard InChI is InChI=1S/C22H26N4O2S/c1-13-11-18(25-21(28)22(3,4)5)29-19(13)20(27)26(6)12-17-23-14(2)15-9-7-8-10-16(15)24-17/h7-11H,12H2,1-6H3,(H,25,28). The second-order valence-corrected chi connectivity index (χ2v) is 9.28. The van der Waals surface area contributed by atoms with Gasteiger partial charge in [-0.1, -0.05) is 39.0 Å². The van der Waals surface area contributed by atoms with Gasteiger partial charge in [-0.3, -0.25) is 9.59 Å². The summed E-state index contributed by atoms with van der Waals surface area (Å²) in [5.74, 6) is 0.414. The van der Waals surface area contributed by atoms with Crippen LogP contribution in [0, 0.1) is 19.3 Å². The van der Waals surface area contributed by atoms with Crippen molar-refractivity contribution in [1.82, 2.24) is 14.9 Å². The van der Waals surface area contributed by atoms with Crippen LogP contribution >= 0.6 is 11.3 Å². The SMILES string of the molecule is Cc1cc(NC(=O)C(C)(C)C)sc1C(=O)N(C)Cc1nc(C)c2ccccc2n1. The number of carbonyl (C=O) groups excluding carboxylic acids is 2. The minimum Gasteiger partial charge on any atom is -0.333 e. The number of nitrogens with one attached hydrogen (secondary N) is 1. The fraction of sp³-hybridized carbons (Fsp3) is 0.364. The number of thiophene rings is 1. The summed E-state index contributed by atoms with van der Waals surface area (Å²) in [6.07, 6.45) is 0. The maximum absolute atomic E-state index is 13.0. The lowest BCUT2D eigenvalue weighted by Crippen LogP contribution is -2.27. The minimum absolute atomic E-state index is 0.0776. The monoisotopic (exact) mass is 410 g/mol. The molecule has 3 aromatic rings. The van der Waals surface area contributed by atoms with Gasteiger partial charge in [-0.25, -0.2) is 9.97 Å². The molecule has 1 N–H and O–H groups in total. The molecular weight excluding hydrogens is 384 g/mol. The number of nitrogens with zero attached hydrogens (tertiary/aromatic N) is 3. The van der Waals surface area contributed by atoms with E-state index in [1.165, 1.54) is 11.3 Å². The van der Waals surface area contributed by atoms with Crippen LogP contribution in [-0.4, -0.2) is 33.7 Å². The summed E-state index contributed by atoms with van der Waals surface area (Å²) >= 11 is 1.29. The number of aromatic nitrogens is 2. The second-order valence-electron chi connectivity index (χ2n) is 8.23. The molecule has 0 aliphatic rings. The van der Waals surface area contributed by atoms with Crippen LogP contribution < -0.4 is 5.32 Å². The summed E-state index contributed by atoms with van der Waals surface area (Å²) in [4.78, 5) is 36.6. The second kappa shape index (κ2) is 7.91. The average Bonchev–Trinajstić information content (AvgIpc) is 3.00. The van der Waals surface area contributed by atoms with E-state index in [1.54, 1.807) is 11.9 Å². The number of fused-ring (bicyclic) bond motifs is 1. The third kappa shape index (κ3) is 4.62. The lowest BCUT2D eigenvalue weighted by Gasteiger charge is -2.17. The Morgan fingerprint density at radius 3 is 2.52 bits per heavy atom. The van der Waals surface area contributed by atoms with Gasteiger partial charge in [-0.15, -0.1) is 11.3 Å². The molecule has 0 spiro atoms. The molecule has 0 saturated heterocycles. The molecule has 2 aromatic heterocycles. The van der Waals surface area contributed by atoms with Gasteiger partial charge in [0.2, 0.25) is 5.91 Å². The van der Waals surface area contributed by atoms with Crippen LogP contribution in [0.15, 0.2) is 30.3 Å². The van der Waals surface area contributed by atoms with Gasteiger partial charge in [-0.05, 0) is 31.5 Å². The van der Waals surface area contributed by atoms with Crippen LogP contribution in [0.4, 0.5) is 5.00 Å². The number of amides is 2. The van der Waals surface area contributed by atoms with Crippen molar-refractivity contribution in [3.63, 3.8) is 0 Å². The third-order valence-electron chi connectivity index (χ3n) is 4.60. The van der Waals surface area contributed by atoms with Crippen molar-refractivity contribution in [1.29, 1.82) is 0 Å². The Morgan fingerprint density at radius 1 is 1.14 bits per heavy atom. The Balaban J connectivity index is 1.78. The fourth-order valence-electron chi connectivity index (χ4n) is 2.88. The number of rotatable bonds is 4. The van der Waals surface area contributed by atoms with Gasteiger partial charge in [-0.2, -0.15) is 0 Å². The first-order valence-electron chi connectivity index (χ1n) is 9.46. The van der Waals surface area contributed by atoms with Crippen molar-refractivity contribution < 1.29 is 9.59 Å². The van der Waals surface area contributed by atoms with Gasteiger partial charge in [0, 0.05) is 23.5 Å². The maximum Gasteiger partial charge on any atom is 0.264 e. The molecule has 2 heterocycles. The van der Waals surface area contributed by atoms with E-state index in [0.29, 0.717) is 22.2 Å². The topological polar surface area (TPSA) is 75.2 Å². The van der Waals surface area contributed by atoms with E-state index in [-0.39, 0.29) is 11.8 Å². The molecule has 0 fully saturated rings. The molecule has 1 aromatic carbocycles. The molecule has 6 nitrogen and oxygen atoms in total. The Kier molecular flexibility index (Phi) is 5.71. The summed E-state index contributed by atoms with van der Waals surface area (Å²) in [5.41, 5.74) is 2.11. The van der Waals surface area contributed by atoms with Crippen molar-refractivity contribution in [2.24, 2.45) is 5.41 Å². The molecular formula is C22H26N4O2S. The fourth-order valence-corrected chi connectivity index (χ4v) is 3.94. The molecule has 0 aliphatic heterocycles. The highest BCUT2D eigenvalue weighted by atomic mass is 32.1. The highest BCUT2D eigenvalue weighted by Gasteiger charge is 2.24. The molecule has 0 unspecified atom stereocenters. The molecule has 0 aliphatic carbocycles. The zero-order valence-electron chi connectivity index (χ0n) is 17.7. The van der Waals surface area contributed by atoms with E-state index >= 15 is 0 Å². The van der Waals surface area contributed by atoms with E-state index in [2.05, 4.69) is 15.3 Å². The summed E-state index contributed by atoms with van der Waals surface area (Å²) in [5, 5.41) is 4.59. The number of hydrogen-bond donors (Lipinski definition) is 1. The normalized spacial score (nSPS) is 11.5. The smallest absolute Gasteiger partial charge is 0.264 e. The molecule has 152 valence electrons. The average molecular weight is 411 g/mol. The molecule has 29 heavy (non-hydrogen) atoms. The number of hydrogen-bond acceptors (Lipinski definition) is 5. The van der Waals surface area contributed by atoms with Crippen LogP contribution in [0.1, 0.15) is 47.5 Å². The third-order valence-corrected chi connectivity index (χ3v) is 5.74. The van der Waals surface area contributed by atoms with Crippen molar-refractivity contribution in [2.75, 3.05) is 12.4 Å². The molecule has 0 atom stereocenters. The molecule has 2 amide bonds. The summed E-state index contributed by atoms with van der Waals surface area (Å²) < 4.78 is 0. The van der Waals surface area contributed by atoms with Crippen molar-refractivity contribution in [3.05, 3.63) is 52.3 Å². The van der Waals surface area contributed by atoms with Gasteiger partial charge in [0.05, 0.1) is 21.9 Å². The van der Waals surface area contributed by atoms with E-state index in [1.807, 2.05) is 65.0 Å². The zero-order valence-corrected chi connectivity index (χ0v) is 18.5. The predicted octanol–water partition coefficient (Wildman–Crippen LogP) is 4.56. The Hall–Kier alpha value is -2.80. The zero-order chi connectivity index (χ0) is 21.3. The van der Waals surface area contributed by atoms with E-state index < -0.39 is 5.41 Å². The quantitative estimate of drug-likeness (QED) is 0.684. The van der Waals surface area contributed by atoms with Gasteiger partial charge in [0.15, 0.2) is 0 Å². The Bertz CT molecular complexity index is 1080. The number of aryl methyl sites for hydroxylation is 2. The first kappa shape index (κ1) is 20.9. The van der Waals surface area contributed by atoms with Crippen molar-refractivity contribution in [3.8, 4) is 0 Å². The van der Waals surface area contributed by atoms with E-state index in [4.69, 9.17) is 0 Å². The summed E-state index contributed by atoms with van der Waals surface area (Å²) in [6, 6.07) is 9.68. The van der Waals surface area contributed by atoms with Crippen LogP contribution in [0.2, 0.25) is 0 Å². The van der Waals surface area contributed by atoms with Crippen LogP contribution in [0.25, 0.3) is 10.9 Å². The molecule has 7 heteroatoms. The Labute approximate surface area is 175 Å². The maximum atomic E-state index is 13.0. The van der Waals surface area contributed by atoms with Crippen LogP contribution in [0.5, 0.6) is 0 Å². The highest BCUT2D eigenvalue weighted by molar-refractivity contribution is 7.18. The summed E-state index contributed by atoms with van der Waals surface area (Å²) in [7, 11) is 1.74. The van der Waals surface area contributed by atoms with E-state index in [0.717, 1.165) is 22.2 Å². The van der Waals surface area contributed by atoms with Gasteiger partial charge < -0.3 is 10.2 Å². The minimum atomic E-state index is -0.496. The van der Waals surface area contributed by atoms with Gasteiger partial charge in [0.1, 0.15) is 5.82 Å². The molecule has 0 saturated carbocycles. The van der Waals surface area contributed by atoms with E-state index in [9.17, 15) is 9.59 Å². The largest absolute Gasteiger partial charge is 0.333 e. The first-order chi connectivity index (χ1) is 13.6. The number of benzene rings is 1. The van der Waals surface area contributed by atoms with Crippen LogP contribution in [0.3, 0.4) is 0 Å². The first-order valence-corrected chi connectivity index (χ1v) is 10.3. The van der Waals surface area contributed by atoms with Crippen molar-refractivity contribution >= 4 is 39.1 Å². The predicted molar refractivity (Wildman–Crippen MR) is 117 cm³/mol. The Morgan fingerprint density at radius 2 is 1.83 bits per heavy atom. The number of carbonyl (C=O) groups is 2. The molecule has 3 rings (SSSR count). The van der Waals surface area contributed by atoms with Crippen LogP contribution in [-0.2, 0) is 11.3 Å². The number of anilines is 1. The lowest BCUT2D eigenvalue weighted by atomic mass is 9.96. The molecule has 0 bridgehead atoms. The highest BCUT2D eigenvalue weighted by Crippen LogP contribution is 2.29. The lowest BCUT2D eigenvalue weighted by molar-refractivity contribution is -0.123. The number of para-hydroxylation sites is 1. The van der Waals surface area contributed by atoms with Gasteiger partial charge in [0.25, 0.3) is 5.91 Å². The van der Waals surface area contributed by atoms with Gasteiger partial charge >= 0.3 is 0 Å².